The molecule has 1 aromatic carbocycles. The molecule has 0 spiro atoms. The van der Waals surface area contributed by atoms with Crippen LogP contribution in [0.25, 0.3) is 0 Å². The summed E-state index contributed by atoms with van der Waals surface area (Å²) in [6.45, 7) is 3.95. The van der Waals surface area contributed by atoms with Gasteiger partial charge in [-0.25, -0.2) is 0 Å². The molecule has 2 N–H and O–H groups in total. The second-order valence-electron chi connectivity index (χ2n) is 6.91. The number of hydrogen-bond donors (Lipinski definition) is 2. The van der Waals surface area contributed by atoms with Crippen LogP contribution in [0.3, 0.4) is 0 Å². The number of alkyl halides is 2. The molecule has 0 bridgehead atoms. The number of carbonyl (C=O) groups excluding carboxylic acids is 1. The van der Waals surface area contributed by atoms with Crippen LogP contribution in [0.1, 0.15) is 33.1 Å². The number of ether oxygens (including phenoxy) is 3. The molecule has 8 heteroatoms. The van der Waals surface area contributed by atoms with Crippen molar-refractivity contribution < 1.29 is 27.8 Å². The molecule has 1 saturated carbocycles. The molecule has 25 heavy (non-hydrogen) atoms. The van der Waals surface area contributed by atoms with Crippen molar-refractivity contribution in [2.24, 2.45) is 0 Å². The zero-order chi connectivity index (χ0) is 18.3. The van der Waals surface area contributed by atoms with Gasteiger partial charge in [-0.15, -0.1) is 8.78 Å². The molecule has 1 aliphatic carbocycles. The predicted molar refractivity (Wildman–Crippen MR) is 86.0 cm³/mol. The van der Waals surface area contributed by atoms with Crippen molar-refractivity contribution in [2.75, 3.05) is 13.7 Å². The van der Waals surface area contributed by atoms with Crippen molar-refractivity contribution in [2.45, 2.75) is 50.5 Å². The Morgan fingerprint density at radius 1 is 1.28 bits per heavy atom. The molecule has 1 aromatic rings. The van der Waals surface area contributed by atoms with Crippen LogP contribution in [0.15, 0.2) is 18.2 Å². The average molecular weight is 356 g/mol. The molecule has 0 atom stereocenters. The van der Waals surface area contributed by atoms with E-state index in [0.717, 1.165) is 19.3 Å². The topological polar surface area (TPSA) is 68.8 Å². The van der Waals surface area contributed by atoms with E-state index in [1.165, 1.54) is 18.2 Å². The lowest BCUT2D eigenvalue weighted by molar-refractivity contribution is -0.286. The van der Waals surface area contributed by atoms with Crippen LogP contribution in [0.5, 0.6) is 17.2 Å². The van der Waals surface area contributed by atoms with Gasteiger partial charge in [0.05, 0.1) is 0 Å². The number of nitrogens with one attached hydrogen (secondary N) is 2. The Hall–Kier alpha value is -2.09. The quantitative estimate of drug-likeness (QED) is 0.819. The molecule has 2 aliphatic rings. The molecule has 1 fully saturated rings. The maximum absolute atomic E-state index is 13.0. The molecular formula is C17H22F2N2O4. The van der Waals surface area contributed by atoms with Crippen molar-refractivity contribution in [1.29, 1.82) is 0 Å². The van der Waals surface area contributed by atoms with Crippen LogP contribution in [0, 0.1) is 0 Å². The molecule has 0 saturated heterocycles. The fourth-order valence-electron chi connectivity index (χ4n) is 3.55. The van der Waals surface area contributed by atoms with Crippen LogP contribution < -0.4 is 24.8 Å². The summed E-state index contributed by atoms with van der Waals surface area (Å²) in [6.07, 6.45) is -1.15. The van der Waals surface area contributed by atoms with E-state index in [4.69, 9.17) is 4.74 Å². The van der Waals surface area contributed by atoms with Crippen molar-refractivity contribution >= 4 is 5.91 Å². The smallest absolute Gasteiger partial charge is 0.484 e. The van der Waals surface area contributed by atoms with E-state index >= 15 is 0 Å². The molecule has 6 nitrogen and oxygen atoms in total. The third-order valence-electron chi connectivity index (χ3n) is 4.88. The number of fused-ring (bicyclic) bond motifs is 1. The lowest BCUT2D eigenvalue weighted by Gasteiger charge is -2.54. The van der Waals surface area contributed by atoms with E-state index in [9.17, 15) is 13.6 Å². The van der Waals surface area contributed by atoms with E-state index in [-0.39, 0.29) is 40.8 Å². The lowest BCUT2D eigenvalue weighted by Crippen LogP contribution is -2.68. The van der Waals surface area contributed by atoms with Gasteiger partial charge in [0.25, 0.3) is 5.91 Å². The standard InChI is InChI=1S/C17H22F2N2O4/c1-4-16(9-15(2,10-16)20-3)21-14(22)8-23-11-5-6-12-13(7-11)25-17(18,19)24-12/h5-7,20H,4,8-10H2,1-3H3,(H,21,22). The first kappa shape index (κ1) is 17.7. The minimum absolute atomic E-state index is 0.0344. The average Bonchev–Trinajstić information content (AvgIpc) is 2.83. The van der Waals surface area contributed by atoms with Gasteiger partial charge in [0, 0.05) is 17.1 Å². The number of halogens is 2. The van der Waals surface area contributed by atoms with Crippen LogP contribution in [0.2, 0.25) is 0 Å². The maximum Gasteiger partial charge on any atom is 0.586 e. The third-order valence-corrected chi connectivity index (χ3v) is 4.88. The van der Waals surface area contributed by atoms with Crippen LogP contribution in [0.4, 0.5) is 8.78 Å². The van der Waals surface area contributed by atoms with Crippen molar-refractivity contribution in [3.63, 3.8) is 0 Å². The molecular weight excluding hydrogens is 334 g/mol. The summed E-state index contributed by atoms with van der Waals surface area (Å²) in [5.74, 6) is -0.165. The third kappa shape index (κ3) is 3.63. The highest BCUT2D eigenvalue weighted by atomic mass is 19.3. The minimum Gasteiger partial charge on any atom is -0.484 e. The summed E-state index contributed by atoms with van der Waals surface area (Å²) >= 11 is 0. The molecule has 1 aliphatic heterocycles. The summed E-state index contributed by atoms with van der Waals surface area (Å²) in [5.41, 5.74) is -0.193. The molecule has 1 heterocycles. The monoisotopic (exact) mass is 356 g/mol. The Morgan fingerprint density at radius 3 is 2.60 bits per heavy atom. The number of rotatable bonds is 6. The number of benzene rings is 1. The maximum atomic E-state index is 13.0. The van der Waals surface area contributed by atoms with E-state index in [0.29, 0.717) is 0 Å². The summed E-state index contributed by atoms with van der Waals surface area (Å²) in [5, 5.41) is 6.28. The summed E-state index contributed by atoms with van der Waals surface area (Å²) in [4.78, 5) is 12.2. The molecule has 1 amide bonds. The van der Waals surface area contributed by atoms with Crippen molar-refractivity contribution in [3.05, 3.63) is 18.2 Å². The Balaban J connectivity index is 1.54. The second kappa shape index (κ2) is 6.01. The van der Waals surface area contributed by atoms with Gasteiger partial charge in [0.2, 0.25) is 0 Å². The van der Waals surface area contributed by atoms with Gasteiger partial charge < -0.3 is 24.8 Å². The zero-order valence-corrected chi connectivity index (χ0v) is 14.4. The van der Waals surface area contributed by atoms with Gasteiger partial charge >= 0.3 is 6.29 Å². The first-order chi connectivity index (χ1) is 11.7. The SMILES string of the molecule is CCC1(NC(=O)COc2ccc3c(c2)OC(F)(F)O3)CC(C)(NC)C1. The van der Waals surface area contributed by atoms with E-state index in [1.54, 1.807) is 0 Å². The largest absolute Gasteiger partial charge is 0.586 e. The van der Waals surface area contributed by atoms with Gasteiger partial charge in [0.15, 0.2) is 18.1 Å². The summed E-state index contributed by atoms with van der Waals surface area (Å²) in [7, 11) is 1.91. The van der Waals surface area contributed by atoms with Crippen molar-refractivity contribution in [1.82, 2.24) is 10.6 Å². The summed E-state index contributed by atoms with van der Waals surface area (Å²) in [6, 6.07) is 4.05. The van der Waals surface area contributed by atoms with Gasteiger partial charge in [-0.05, 0) is 45.4 Å². The second-order valence-corrected chi connectivity index (χ2v) is 6.91. The minimum atomic E-state index is -3.67. The highest BCUT2D eigenvalue weighted by molar-refractivity contribution is 5.78. The molecule has 3 rings (SSSR count). The fourth-order valence-corrected chi connectivity index (χ4v) is 3.55. The zero-order valence-electron chi connectivity index (χ0n) is 14.4. The number of carbonyl (C=O) groups is 1. The van der Waals surface area contributed by atoms with Crippen LogP contribution in [-0.2, 0) is 4.79 Å². The lowest BCUT2D eigenvalue weighted by atomic mass is 9.62. The fraction of sp³-hybridized carbons (Fsp3) is 0.588. The van der Waals surface area contributed by atoms with Crippen LogP contribution >= 0.6 is 0 Å². The highest BCUT2D eigenvalue weighted by Crippen LogP contribution is 2.44. The van der Waals surface area contributed by atoms with Gasteiger partial charge in [-0.1, -0.05) is 6.92 Å². The van der Waals surface area contributed by atoms with Crippen LogP contribution in [-0.4, -0.2) is 36.9 Å². The Bertz CT molecular complexity index is 675. The van der Waals surface area contributed by atoms with E-state index < -0.39 is 6.29 Å². The Kier molecular flexibility index (Phi) is 4.26. The Morgan fingerprint density at radius 2 is 1.96 bits per heavy atom. The molecule has 0 unspecified atom stereocenters. The first-order valence-corrected chi connectivity index (χ1v) is 8.21. The highest BCUT2D eigenvalue weighted by Gasteiger charge is 2.50. The number of amides is 1. The molecule has 0 aromatic heterocycles. The van der Waals surface area contributed by atoms with Gasteiger partial charge in [-0.3, -0.25) is 4.79 Å². The normalized spacial score (nSPS) is 29.0. The molecule has 138 valence electrons. The Labute approximate surface area is 144 Å². The van der Waals surface area contributed by atoms with E-state index in [1.807, 2.05) is 14.0 Å². The van der Waals surface area contributed by atoms with Crippen molar-refractivity contribution in [3.8, 4) is 17.2 Å². The van der Waals surface area contributed by atoms with E-state index in [2.05, 4.69) is 27.0 Å². The van der Waals surface area contributed by atoms with Gasteiger partial charge in [-0.2, -0.15) is 0 Å². The predicted octanol–water partition coefficient (Wildman–Crippen LogP) is 2.42. The first-order valence-electron chi connectivity index (χ1n) is 8.21. The van der Waals surface area contributed by atoms with Gasteiger partial charge in [0.1, 0.15) is 5.75 Å². The summed E-state index contributed by atoms with van der Waals surface area (Å²) < 4.78 is 40.0. The molecule has 0 radical (unpaired) electrons. The number of hydrogen-bond acceptors (Lipinski definition) is 5.